The third-order valence-corrected chi connectivity index (χ3v) is 10.3. The van der Waals surface area contributed by atoms with Gasteiger partial charge in [0.25, 0.3) is 0 Å². The van der Waals surface area contributed by atoms with Crippen molar-refractivity contribution in [3.8, 4) is 12.3 Å². The zero-order valence-electron chi connectivity index (χ0n) is 17.6. The average molecular weight is 418 g/mol. The third-order valence-electron chi connectivity index (χ3n) is 9.51. The van der Waals surface area contributed by atoms with Gasteiger partial charge in [-0.2, -0.15) is 0 Å². The van der Waals surface area contributed by atoms with Crippen LogP contribution in [0.2, 0.25) is 0 Å². The molecule has 158 valence electrons. The number of terminal acetylenes is 1. The Bertz CT molecular complexity index is 1010. The molecule has 0 aromatic carbocycles. The molecule has 7 atom stereocenters. The van der Waals surface area contributed by atoms with Crippen LogP contribution in [0.15, 0.2) is 9.64 Å². The molecular weight excluding hydrogens is 386 g/mol. The summed E-state index contributed by atoms with van der Waals surface area (Å²) in [4.78, 5) is 4.39. The first-order valence-electron chi connectivity index (χ1n) is 10.9. The van der Waals surface area contributed by atoms with E-state index < -0.39 is 15.4 Å². The van der Waals surface area contributed by atoms with Gasteiger partial charge in [-0.15, -0.1) is 6.42 Å². The predicted octanol–water partition coefficient (Wildman–Crippen LogP) is 3.40. The Morgan fingerprint density at radius 1 is 1.17 bits per heavy atom. The third kappa shape index (κ3) is 2.50. The fraction of sp³-hybridized carbons (Fsp3) is 0.783. The van der Waals surface area contributed by atoms with Crippen LogP contribution in [0, 0.1) is 46.8 Å². The van der Waals surface area contributed by atoms with Crippen LogP contribution in [0.25, 0.3) is 0 Å². The number of fused-ring (bicyclic) bond motifs is 6. The van der Waals surface area contributed by atoms with Crippen molar-refractivity contribution >= 4 is 9.84 Å². The summed E-state index contributed by atoms with van der Waals surface area (Å²) < 4.78 is 29.5. The van der Waals surface area contributed by atoms with Gasteiger partial charge in [-0.3, -0.25) is 0 Å². The topological polar surface area (TPSA) is 80.4 Å². The second kappa shape index (κ2) is 5.88. The van der Waals surface area contributed by atoms with E-state index in [9.17, 15) is 13.5 Å². The van der Waals surface area contributed by atoms with Crippen LogP contribution < -0.4 is 0 Å². The van der Waals surface area contributed by atoms with Gasteiger partial charge in [0.2, 0.25) is 9.84 Å². The number of aromatic nitrogens is 1. The lowest BCUT2D eigenvalue weighted by Gasteiger charge is -2.60. The summed E-state index contributed by atoms with van der Waals surface area (Å²) in [6.07, 6.45) is 14.5. The molecule has 3 fully saturated rings. The van der Waals surface area contributed by atoms with E-state index in [1.54, 1.807) is 0 Å². The molecule has 1 aromatic heterocycles. The molecule has 0 saturated heterocycles. The number of hydrogen-bond acceptors (Lipinski definition) is 5. The number of aliphatic hydroxyl groups is 1. The monoisotopic (exact) mass is 417 g/mol. The largest absolute Gasteiger partial charge is 0.433 e. The quantitative estimate of drug-likeness (QED) is 0.709. The zero-order valence-corrected chi connectivity index (χ0v) is 18.4. The lowest BCUT2D eigenvalue weighted by Crippen LogP contribution is -2.56. The van der Waals surface area contributed by atoms with Crippen molar-refractivity contribution < 1.29 is 17.9 Å². The molecule has 0 aliphatic heterocycles. The first kappa shape index (κ1) is 19.6. The van der Waals surface area contributed by atoms with E-state index in [0.29, 0.717) is 30.1 Å². The zero-order chi connectivity index (χ0) is 20.8. The Hall–Kier alpha value is -1.32. The van der Waals surface area contributed by atoms with Crippen LogP contribution in [-0.2, 0) is 22.7 Å². The SMILES string of the molecule is C#C[C@]1(O)CC[C@H]2[C@@H]3CC[C@H]4Cc5oc(S(C)(=O)=O)nc5C[C@]4(C)[C@H]3CC[C@@]21C. The van der Waals surface area contributed by atoms with Crippen LogP contribution in [0.3, 0.4) is 0 Å². The summed E-state index contributed by atoms with van der Waals surface area (Å²) in [5.41, 5.74) is -0.232. The van der Waals surface area contributed by atoms with Crippen molar-refractivity contribution in [2.24, 2.45) is 34.5 Å². The summed E-state index contributed by atoms with van der Waals surface area (Å²) >= 11 is 0. The van der Waals surface area contributed by atoms with E-state index in [4.69, 9.17) is 10.8 Å². The smallest absolute Gasteiger partial charge is 0.315 e. The van der Waals surface area contributed by atoms with Gasteiger partial charge in [-0.25, -0.2) is 13.4 Å². The maximum absolute atomic E-state index is 11.9. The average Bonchev–Trinajstić information content (AvgIpc) is 3.18. The normalized spacial score (nSPS) is 46.2. The first-order chi connectivity index (χ1) is 13.5. The molecule has 1 aromatic rings. The highest BCUT2D eigenvalue weighted by atomic mass is 32.2. The molecule has 4 aliphatic carbocycles. The lowest BCUT2D eigenvalue weighted by atomic mass is 9.44. The van der Waals surface area contributed by atoms with E-state index in [-0.39, 0.29) is 16.1 Å². The van der Waals surface area contributed by atoms with Crippen LogP contribution in [0.1, 0.15) is 63.8 Å². The van der Waals surface area contributed by atoms with Crippen LogP contribution >= 0.6 is 0 Å². The molecule has 0 unspecified atom stereocenters. The minimum atomic E-state index is -3.43. The molecule has 5 nitrogen and oxygen atoms in total. The van der Waals surface area contributed by atoms with E-state index in [1.165, 1.54) is 0 Å². The maximum Gasteiger partial charge on any atom is 0.315 e. The van der Waals surface area contributed by atoms with Gasteiger partial charge < -0.3 is 9.52 Å². The molecule has 6 heteroatoms. The number of nitrogens with zero attached hydrogens (tertiary/aromatic N) is 1. The summed E-state index contributed by atoms with van der Waals surface area (Å²) in [5, 5.41) is 11.0. The molecule has 0 radical (unpaired) electrons. The maximum atomic E-state index is 11.9. The van der Waals surface area contributed by atoms with E-state index >= 15 is 0 Å². The van der Waals surface area contributed by atoms with Gasteiger partial charge in [-0.05, 0) is 74.0 Å². The van der Waals surface area contributed by atoms with Crippen molar-refractivity contribution in [2.75, 3.05) is 6.26 Å². The van der Waals surface area contributed by atoms with Gasteiger partial charge in [0.1, 0.15) is 11.4 Å². The Labute approximate surface area is 173 Å². The van der Waals surface area contributed by atoms with E-state index in [2.05, 4.69) is 24.8 Å². The van der Waals surface area contributed by atoms with Crippen LogP contribution in [0.4, 0.5) is 0 Å². The Balaban J connectivity index is 1.49. The number of oxazole rings is 1. The fourth-order valence-electron chi connectivity index (χ4n) is 7.80. The Morgan fingerprint density at radius 3 is 2.59 bits per heavy atom. The molecule has 29 heavy (non-hydrogen) atoms. The molecule has 0 bridgehead atoms. The highest BCUT2D eigenvalue weighted by Crippen LogP contribution is 2.67. The predicted molar refractivity (Wildman–Crippen MR) is 109 cm³/mol. The van der Waals surface area contributed by atoms with E-state index in [1.807, 2.05) is 0 Å². The van der Waals surface area contributed by atoms with Crippen molar-refractivity contribution in [1.29, 1.82) is 0 Å². The second-order valence-corrected chi connectivity index (χ2v) is 12.6. The minimum Gasteiger partial charge on any atom is -0.433 e. The second-order valence-electron chi connectivity index (χ2n) is 10.7. The molecule has 4 aliphatic rings. The number of rotatable bonds is 1. The van der Waals surface area contributed by atoms with Gasteiger partial charge in [-0.1, -0.05) is 19.8 Å². The van der Waals surface area contributed by atoms with Crippen molar-refractivity contribution in [3.05, 3.63) is 11.5 Å². The van der Waals surface area contributed by atoms with Gasteiger partial charge in [0, 0.05) is 18.1 Å². The molecule has 3 saturated carbocycles. The van der Waals surface area contributed by atoms with Crippen LogP contribution in [-0.4, -0.2) is 30.4 Å². The minimum absolute atomic E-state index is 0.0970. The molecular formula is C23H31NO4S. The highest BCUT2D eigenvalue weighted by Gasteiger charge is 2.64. The standard InChI is InChI=1S/C23H31NO4S/c1-5-23(25)11-9-17-15-7-6-14-12-19-18(24-20(28-19)29(4,26)27)13-21(14,2)16(15)8-10-22(17,23)3/h1,14-17,25H,6-13H2,2-4H3/t14-,15+,16-,17-,21-,22-,23-/m0/s1. The molecule has 1 N–H and O–H groups in total. The number of hydrogen-bond donors (Lipinski definition) is 1. The first-order valence-corrected chi connectivity index (χ1v) is 12.8. The van der Waals surface area contributed by atoms with Crippen molar-refractivity contribution in [1.82, 2.24) is 4.98 Å². The highest BCUT2D eigenvalue weighted by molar-refractivity contribution is 7.90. The molecule has 5 rings (SSSR count). The Morgan fingerprint density at radius 2 is 1.90 bits per heavy atom. The van der Waals surface area contributed by atoms with Gasteiger partial charge >= 0.3 is 5.22 Å². The van der Waals surface area contributed by atoms with Gasteiger partial charge in [0.15, 0.2) is 0 Å². The molecule has 1 heterocycles. The van der Waals surface area contributed by atoms with E-state index in [0.717, 1.165) is 62.7 Å². The fourth-order valence-corrected chi connectivity index (χ4v) is 8.33. The van der Waals surface area contributed by atoms with Crippen molar-refractivity contribution in [2.45, 2.75) is 76.0 Å². The Kier molecular flexibility index (Phi) is 3.98. The summed E-state index contributed by atoms with van der Waals surface area (Å²) in [6, 6.07) is 0. The molecule has 0 amide bonds. The molecule has 0 spiro atoms. The summed E-state index contributed by atoms with van der Waals surface area (Å²) in [5.74, 6) is 5.61. The van der Waals surface area contributed by atoms with Crippen LogP contribution in [0.5, 0.6) is 0 Å². The van der Waals surface area contributed by atoms with Crippen molar-refractivity contribution in [3.63, 3.8) is 0 Å². The van der Waals surface area contributed by atoms with Gasteiger partial charge in [0.05, 0.1) is 5.69 Å². The summed E-state index contributed by atoms with van der Waals surface area (Å²) in [7, 11) is -3.43. The number of sulfone groups is 1. The lowest BCUT2D eigenvalue weighted by molar-refractivity contribution is -0.128. The summed E-state index contributed by atoms with van der Waals surface area (Å²) in [6.45, 7) is 4.60.